The van der Waals surface area contributed by atoms with E-state index in [9.17, 15) is 0 Å². The second kappa shape index (κ2) is 5.27. The highest BCUT2D eigenvalue weighted by atomic mass is 32.1. The van der Waals surface area contributed by atoms with E-state index in [0.717, 1.165) is 19.6 Å². The fraction of sp³-hybridized carbons (Fsp3) is 0.417. The average Bonchev–Trinajstić information content (AvgIpc) is 2.87. The standard InChI is InChI=1S/C12H17N3S/c1-3-13-6-11-7-14-9-15(11)8-12-10(2)4-5-16-12/h4-5,7,9,13H,3,6,8H2,1-2H3. The van der Waals surface area contributed by atoms with Crippen molar-refractivity contribution in [3.63, 3.8) is 0 Å². The Kier molecular flexibility index (Phi) is 3.74. The number of imidazole rings is 1. The number of nitrogens with zero attached hydrogens (tertiary/aromatic N) is 2. The first kappa shape index (κ1) is 11.4. The zero-order valence-electron chi connectivity index (χ0n) is 9.73. The summed E-state index contributed by atoms with van der Waals surface area (Å²) in [6.45, 7) is 7.09. The van der Waals surface area contributed by atoms with E-state index in [4.69, 9.17) is 0 Å². The molecule has 0 aromatic carbocycles. The van der Waals surface area contributed by atoms with Crippen LogP contribution in [-0.2, 0) is 13.1 Å². The monoisotopic (exact) mass is 235 g/mol. The molecule has 0 saturated heterocycles. The number of hydrogen-bond acceptors (Lipinski definition) is 3. The molecule has 1 N–H and O–H groups in total. The maximum absolute atomic E-state index is 4.21. The fourth-order valence-corrected chi connectivity index (χ4v) is 2.52. The van der Waals surface area contributed by atoms with E-state index in [0.29, 0.717) is 0 Å². The number of rotatable bonds is 5. The molecule has 0 spiro atoms. The first-order valence-corrected chi connectivity index (χ1v) is 6.42. The van der Waals surface area contributed by atoms with Gasteiger partial charge in [0.15, 0.2) is 0 Å². The quantitative estimate of drug-likeness (QED) is 0.862. The van der Waals surface area contributed by atoms with Gasteiger partial charge in [-0.1, -0.05) is 6.92 Å². The largest absolute Gasteiger partial charge is 0.328 e. The lowest BCUT2D eigenvalue weighted by Crippen LogP contribution is -2.15. The summed E-state index contributed by atoms with van der Waals surface area (Å²) >= 11 is 1.81. The molecule has 0 atom stereocenters. The SMILES string of the molecule is CCNCc1cncn1Cc1sccc1C. The van der Waals surface area contributed by atoms with Crippen molar-refractivity contribution in [2.75, 3.05) is 6.54 Å². The molecule has 0 fully saturated rings. The van der Waals surface area contributed by atoms with Gasteiger partial charge in [0.25, 0.3) is 0 Å². The third-order valence-electron chi connectivity index (χ3n) is 2.64. The topological polar surface area (TPSA) is 29.9 Å². The van der Waals surface area contributed by atoms with Gasteiger partial charge in [0.1, 0.15) is 0 Å². The highest BCUT2D eigenvalue weighted by molar-refractivity contribution is 7.10. The Morgan fingerprint density at radius 3 is 3.06 bits per heavy atom. The zero-order chi connectivity index (χ0) is 11.4. The van der Waals surface area contributed by atoms with Crippen LogP contribution < -0.4 is 5.32 Å². The average molecular weight is 235 g/mol. The fourth-order valence-electron chi connectivity index (χ4n) is 1.61. The summed E-state index contributed by atoms with van der Waals surface area (Å²) in [5.74, 6) is 0. The Balaban J connectivity index is 2.09. The molecule has 3 nitrogen and oxygen atoms in total. The summed E-state index contributed by atoms with van der Waals surface area (Å²) in [4.78, 5) is 5.63. The predicted octanol–water partition coefficient (Wildman–Crippen LogP) is 2.41. The van der Waals surface area contributed by atoms with Crippen molar-refractivity contribution < 1.29 is 0 Å². The molecular formula is C12H17N3S. The summed E-state index contributed by atoms with van der Waals surface area (Å²) < 4.78 is 2.21. The van der Waals surface area contributed by atoms with Gasteiger partial charge in [-0.25, -0.2) is 4.98 Å². The van der Waals surface area contributed by atoms with E-state index in [-0.39, 0.29) is 0 Å². The van der Waals surface area contributed by atoms with Crippen molar-refractivity contribution in [1.82, 2.24) is 14.9 Å². The molecule has 0 radical (unpaired) electrons. The molecule has 86 valence electrons. The third kappa shape index (κ3) is 2.51. The molecule has 0 aliphatic carbocycles. The molecule has 0 saturated carbocycles. The van der Waals surface area contributed by atoms with E-state index in [1.54, 1.807) is 0 Å². The zero-order valence-corrected chi connectivity index (χ0v) is 10.5. The van der Waals surface area contributed by atoms with E-state index < -0.39 is 0 Å². The highest BCUT2D eigenvalue weighted by Crippen LogP contribution is 2.17. The van der Waals surface area contributed by atoms with Crippen molar-refractivity contribution in [1.29, 1.82) is 0 Å². The van der Waals surface area contributed by atoms with Gasteiger partial charge in [-0.2, -0.15) is 0 Å². The van der Waals surface area contributed by atoms with Crippen molar-refractivity contribution in [3.8, 4) is 0 Å². The summed E-state index contributed by atoms with van der Waals surface area (Å²) in [7, 11) is 0. The van der Waals surface area contributed by atoms with E-state index >= 15 is 0 Å². The summed E-state index contributed by atoms with van der Waals surface area (Å²) in [6, 6.07) is 2.17. The van der Waals surface area contributed by atoms with Gasteiger partial charge in [-0.3, -0.25) is 0 Å². The number of aryl methyl sites for hydroxylation is 1. The molecule has 2 aromatic rings. The molecule has 0 aliphatic heterocycles. The number of thiophene rings is 1. The molecule has 2 rings (SSSR count). The van der Waals surface area contributed by atoms with Gasteiger partial charge >= 0.3 is 0 Å². The Morgan fingerprint density at radius 2 is 2.38 bits per heavy atom. The molecule has 0 aliphatic rings. The minimum absolute atomic E-state index is 0.890. The lowest BCUT2D eigenvalue weighted by atomic mass is 10.3. The van der Waals surface area contributed by atoms with Gasteiger partial charge in [0.05, 0.1) is 18.6 Å². The van der Waals surface area contributed by atoms with Crippen LogP contribution in [0.15, 0.2) is 24.0 Å². The van der Waals surface area contributed by atoms with Crippen LogP contribution >= 0.6 is 11.3 Å². The minimum Gasteiger partial charge on any atom is -0.328 e. The van der Waals surface area contributed by atoms with Crippen LogP contribution in [0.3, 0.4) is 0 Å². The van der Waals surface area contributed by atoms with E-state index in [1.165, 1.54) is 16.1 Å². The molecule has 0 unspecified atom stereocenters. The molecule has 0 bridgehead atoms. The van der Waals surface area contributed by atoms with Crippen LogP contribution in [0, 0.1) is 6.92 Å². The lowest BCUT2D eigenvalue weighted by molar-refractivity contribution is 0.659. The van der Waals surface area contributed by atoms with Gasteiger partial charge in [0.2, 0.25) is 0 Å². The second-order valence-corrected chi connectivity index (χ2v) is 4.82. The molecule has 2 heterocycles. The second-order valence-electron chi connectivity index (χ2n) is 3.82. The smallest absolute Gasteiger partial charge is 0.0952 e. The maximum atomic E-state index is 4.21. The Morgan fingerprint density at radius 1 is 1.50 bits per heavy atom. The molecule has 4 heteroatoms. The van der Waals surface area contributed by atoms with Gasteiger partial charge < -0.3 is 9.88 Å². The van der Waals surface area contributed by atoms with Crippen LogP contribution in [0.5, 0.6) is 0 Å². The molecule has 16 heavy (non-hydrogen) atoms. The third-order valence-corrected chi connectivity index (χ3v) is 3.64. The predicted molar refractivity (Wildman–Crippen MR) is 67.8 cm³/mol. The normalized spacial score (nSPS) is 10.9. The number of hydrogen-bond donors (Lipinski definition) is 1. The summed E-state index contributed by atoms with van der Waals surface area (Å²) in [5, 5.41) is 5.47. The maximum Gasteiger partial charge on any atom is 0.0952 e. The van der Waals surface area contributed by atoms with Crippen molar-refractivity contribution >= 4 is 11.3 Å². The molecule has 2 aromatic heterocycles. The van der Waals surface area contributed by atoms with Crippen molar-refractivity contribution in [3.05, 3.63) is 40.1 Å². The Bertz CT molecular complexity index is 445. The Labute approximate surface area is 100 Å². The van der Waals surface area contributed by atoms with E-state index in [1.807, 2.05) is 23.9 Å². The molecule has 0 amide bonds. The van der Waals surface area contributed by atoms with Crippen LogP contribution in [0.2, 0.25) is 0 Å². The first-order chi connectivity index (χ1) is 7.81. The highest BCUT2D eigenvalue weighted by Gasteiger charge is 2.05. The molecular weight excluding hydrogens is 218 g/mol. The Hall–Kier alpha value is -1.13. The van der Waals surface area contributed by atoms with Gasteiger partial charge in [-0.15, -0.1) is 11.3 Å². The van der Waals surface area contributed by atoms with Crippen LogP contribution in [0.1, 0.15) is 23.1 Å². The first-order valence-electron chi connectivity index (χ1n) is 5.54. The summed E-state index contributed by atoms with van der Waals surface area (Å²) in [5.41, 5.74) is 2.61. The van der Waals surface area contributed by atoms with Crippen molar-refractivity contribution in [2.45, 2.75) is 26.9 Å². The van der Waals surface area contributed by atoms with Crippen LogP contribution in [0.4, 0.5) is 0 Å². The van der Waals surface area contributed by atoms with Crippen molar-refractivity contribution in [2.24, 2.45) is 0 Å². The minimum atomic E-state index is 0.890. The van der Waals surface area contributed by atoms with Crippen LogP contribution in [0.25, 0.3) is 0 Å². The van der Waals surface area contributed by atoms with E-state index in [2.05, 4.69) is 40.2 Å². The van der Waals surface area contributed by atoms with Crippen LogP contribution in [-0.4, -0.2) is 16.1 Å². The number of aromatic nitrogens is 2. The lowest BCUT2D eigenvalue weighted by Gasteiger charge is -2.07. The van der Waals surface area contributed by atoms with Gasteiger partial charge in [-0.05, 0) is 30.5 Å². The number of nitrogens with one attached hydrogen (secondary N) is 1. The summed E-state index contributed by atoms with van der Waals surface area (Å²) in [6.07, 6.45) is 3.84. The van der Waals surface area contributed by atoms with Gasteiger partial charge in [0, 0.05) is 17.6 Å².